The highest BCUT2D eigenvalue weighted by Gasteiger charge is 2.13. The highest BCUT2D eigenvalue weighted by Crippen LogP contribution is 2.17. The minimum Gasteiger partial charge on any atom is -0.376 e. The van der Waals surface area contributed by atoms with Crippen LogP contribution in [0.1, 0.15) is 32.3 Å². The molecule has 3 nitrogen and oxygen atoms in total. The van der Waals surface area contributed by atoms with E-state index in [4.69, 9.17) is 10.5 Å². The van der Waals surface area contributed by atoms with Crippen molar-refractivity contribution in [3.05, 3.63) is 29.8 Å². The Labute approximate surface area is 112 Å². The Bertz CT molecular complexity index is 376. The van der Waals surface area contributed by atoms with Crippen LogP contribution in [0.4, 0.5) is 0 Å². The molecule has 0 aliphatic rings. The largest absolute Gasteiger partial charge is 0.376 e. The van der Waals surface area contributed by atoms with Gasteiger partial charge in [-0.2, -0.15) is 0 Å². The molecule has 0 fully saturated rings. The van der Waals surface area contributed by atoms with E-state index in [2.05, 4.69) is 13.8 Å². The number of hydrogen-bond acceptors (Lipinski definition) is 3. The van der Waals surface area contributed by atoms with Gasteiger partial charge in [-0.15, -0.1) is 0 Å². The van der Waals surface area contributed by atoms with E-state index in [9.17, 15) is 4.21 Å². The van der Waals surface area contributed by atoms with E-state index in [-0.39, 0.29) is 6.10 Å². The maximum atomic E-state index is 12.1. The predicted octanol–water partition coefficient (Wildman–Crippen LogP) is 2.28. The standard InChI is InChI=1S/C14H23NO2S/c1-4-17-13(9-15)10-18(16)14-7-5-12(6-8-14)11(2)3/h5-8,11,13H,4,9-10,15H2,1-3H3. The van der Waals surface area contributed by atoms with Crippen molar-refractivity contribution in [1.82, 2.24) is 0 Å². The third-order valence-electron chi connectivity index (χ3n) is 2.81. The third kappa shape index (κ3) is 4.52. The number of ether oxygens (including phenoxy) is 1. The molecule has 2 atom stereocenters. The Morgan fingerprint density at radius 3 is 2.33 bits per heavy atom. The topological polar surface area (TPSA) is 52.3 Å². The molecule has 0 aliphatic heterocycles. The van der Waals surface area contributed by atoms with Crippen molar-refractivity contribution in [2.24, 2.45) is 5.73 Å². The smallest absolute Gasteiger partial charge is 0.0815 e. The lowest BCUT2D eigenvalue weighted by Gasteiger charge is -2.14. The molecule has 0 saturated carbocycles. The van der Waals surface area contributed by atoms with Crippen molar-refractivity contribution >= 4 is 10.8 Å². The molecule has 0 saturated heterocycles. The van der Waals surface area contributed by atoms with E-state index in [1.54, 1.807) is 0 Å². The second-order valence-electron chi connectivity index (χ2n) is 4.55. The van der Waals surface area contributed by atoms with Crippen LogP contribution in [0.3, 0.4) is 0 Å². The van der Waals surface area contributed by atoms with Crippen LogP contribution in [-0.4, -0.2) is 29.2 Å². The molecular weight excluding hydrogens is 246 g/mol. The van der Waals surface area contributed by atoms with E-state index >= 15 is 0 Å². The molecule has 102 valence electrons. The summed E-state index contributed by atoms with van der Waals surface area (Å²) in [5.41, 5.74) is 6.85. The number of benzene rings is 1. The lowest BCUT2D eigenvalue weighted by molar-refractivity contribution is 0.0852. The van der Waals surface area contributed by atoms with E-state index in [1.165, 1.54) is 5.56 Å². The number of hydrogen-bond donors (Lipinski definition) is 1. The molecule has 0 heterocycles. The van der Waals surface area contributed by atoms with Gasteiger partial charge in [-0.25, -0.2) is 0 Å². The second-order valence-corrected chi connectivity index (χ2v) is 6.04. The molecular formula is C14H23NO2S. The Morgan fingerprint density at radius 2 is 1.89 bits per heavy atom. The summed E-state index contributed by atoms with van der Waals surface area (Å²) in [5.74, 6) is 0.957. The zero-order chi connectivity index (χ0) is 13.5. The van der Waals surface area contributed by atoms with Crippen LogP contribution in [-0.2, 0) is 15.5 Å². The first-order valence-electron chi connectivity index (χ1n) is 6.38. The third-order valence-corrected chi connectivity index (χ3v) is 4.28. The maximum Gasteiger partial charge on any atom is 0.0815 e. The van der Waals surface area contributed by atoms with Crippen LogP contribution in [0, 0.1) is 0 Å². The van der Waals surface area contributed by atoms with Crippen LogP contribution in [0.5, 0.6) is 0 Å². The van der Waals surface area contributed by atoms with Gasteiger partial charge in [-0.1, -0.05) is 26.0 Å². The summed E-state index contributed by atoms with van der Waals surface area (Å²) in [6.07, 6.45) is -0.124. The molecule has 2 unspecified atom stereocenters. The van der Waals surface area contributed by atoms with E-state index in [1.807, 2.05) is 31.2 Å². The number of nitrogens with two attached hydrogens (primary N) is 1. The molecule has 0 radical (unpaired) electrons. The van der Waals surface area contributed by atoms with Gasteiger partial charge in [-0.05, 0) is 30.5 Å². The summed E-state index contributed by atoms with van der Waals surface area (Å²) in [6.45, 7) is 7.22. The van der Waals surface area contributed by atoms with Crippen LogP contribution < -0.4 is 5.73 Å². The van der Waals surface area contributed by atoms with E-state index in [0.29, 0.717) is 24.8 Å². The molecule has 0 spiro atoms. The molecule has 0 aromatic heterocycles. The maximum absolute atomic E-state index is 12.1. The van der Waals surface area contributed by atoms with Gasteiger partial charge in [0.15, 0.2) is 0 Å². The van der Waals surface area contributed by atoms with E-state index < -0.39 is 10.8 Å². The fourth-order valence-electron chi connectivity index (χ4n) is 1.69. The van der Waals surface area contributed by atoms with Gasteiger partial charge in [0.05, 0.1) is 22.7 Å². The lowest BCUT2D eigenvalue weighted by atomic mass is 10.0. The monoisotopic (exact) mass is 269 g/mol. The fraction of sp³-hybridized carbons (Fsp3) is 0.571. The summed E-state index contributed by atoms with van der Waals surface area (Å²) in [4.78, 5) is 0.845. The summed E-state index contributed by atoms with van der Waals surface area (Å²) in [7, 11) is -1.04. The molecule has 2 N–H and O–H groups in total. The SMILES string of the molecule is CCOC(CN)CS(=O)c1ccc(C(C)C)cc1. The highest BCUT2D eigenvalue weighted by molar-refractivity contribution is 7.85. The quantitative estimate of drug-likeness (QED) is 0.826. The van der Waals surface area contributed by atoms with Crippen LogP contribution in [0.15, 0.2) is 29.2 Å². The molecule has 0 amide bonds. The Balaban J connectivity index is 2.66. The molecule has 0 aliphatic carbocycles. The molecule has 1 aromatic carbocycles. The first kappa shape index (κ1) is 15.3. The molecule has 4 heteroatoms. The Morgan fingerprint density at radius 1 is 1.28 bits per heavy atom. The first-order valence-corrected chi connectivity index (χ1v) is 7.70. The normalized spacial score (nSPS) is 14.7. The van der Waals surface area contributed by atoms with Crippen molar-refractivity contribution in [2.75, 3.05) is 18.9 Å². The van der Waals surface area contributed by atoms with Gasteiger partial charge in [-0.3, -0.25) is 4.21 Å². The van der Waals surface area contributed by atoms with Crippen LogP contribution in [0.2, 0.25) is 0 Å². The average molecular weight is 269 g/mol. The van der Waals surface area contributed by atoms with Crippen molar-refractivity contribution in [3.8, 4) is 0 Å². The van der Waals surface area contributed by atoms with Gasteiger partial charge in [0.2, 0.25) is 0 Å². The van der Waals surface area contributed by atoms with Gasteiger partial charge in [0, 0.05) is 18.0 Å². The summed E-state index contributed by atoms with van der Waals surface area (Å²) in [6, 6.07) is 7.95. The highest BCUT2D eigenvalue weighted by atomic mass is 32.2. The molecule has 18 heavy (non-hydrogen) atoms. The van der Waals surface area contributed by atoms with Crippen molar-refractivity contribution < 1.29 is 8.95 Å². The predicted molar refractivity (Wildman–Crippen MR) is 76.3 cm³/mol. The zero-order valence-electron chi connectivity index (χ0n) is 11.4. The molecule has 1 rings (SSSR count). The minimum absolute atomic E-state index is 0.124. The van der Waals surface area contributed by atoms with Gasteiger partial charge in [0.25, 0.3) is 0 Å². The zero-order valence-corrected chi connectivity index (χ0v) is 12.2. The minimum atomic E-state index is -1.04. The summed E-state index contributed by atoms with van der Waals surface area (Å²) >= 11 is 0. The van der Waals surface area contributed by atoms with Gasteiger partial charge in [0.1, 0.15) is 0 Å². The molecule has 1 aromatic rings. The lowest BCUT2D eigenvalue weighted by Crippen LogP contribution is -2.29. The summed E-state index contributed by atoms with van der Waals surface area (Å²) < 4.78 is 17.6. The van der Waals surface area contributed by atoms with Crippen molar-refractivity contribution in [3.63, 3.8) is 0 Å². The second kappa shape index (κ2) is 7.67. The van der Waals surface area contributed by atoms with Crippen LogP contribution in [0.25, 0.3) is 0 Å². The van der Waals surface area contributed by atoms with Crippen molar-refractivity contribution in [1.29, 1.82) is 0 Å². The Hall–Kier alpha value is -0.710. The van der Waals surface area contributed by atoms with Gasteiger partial charge >= 0.3 is 0 Å². The average Bonchev–Trinajstić information content (AvgIpc) is 2.38. The first-order chi connectivity index (χ1) is 8.58. The molecule has 0 bridgehead atoms. The summed E-state index contributed by atoms with van der Waals surface area (Å²) in [5, 5.41) is 0. The van der Waals surface area contributed by atoms with Gasteiger partial charge < -0.3 is 10.5 Å². The Kier molecular flexibility index (Phi) is 6.54. The number of rotatable bonds is 7. The fourth-order valence-corrected chi connectivity index (χ4v) is 2.89. The van der Waals surface area contributed by atoms with Crippen LogP contribution >= 0.6 is 0 Å². The van der Waals surface area contributed by atoms with Crippen molar-refractivity contribution in [2.45, 2.75) is 37.7 Å². The van der Waals surface area contributed by atoms with E-state index in [0.717, 1.165) is 4.90 Å².